The van der Waals surface area contributed by atoms with Gasteiger partial charge in [-0.25, -0.2) is 0 Å². The first kappa shape index (κ1) is 15.5. The van der Waals surface area contributed by atoms with Crippen LogP contribution in [0, 0.1) is 6.92 Å². The number of hydrogen-bond donors (Lipinski definition) is 2. The van der Waals surface area contributed by atoms with Crippen molar-refractivity contribution in [1.82, 2.24) is 10.6 Å². The highest BCUT2D eigenvalue weighted by molar-refractivity contribution is 5.80. The molecule has 1 rings (SSSR count). The molecule has 3 heteroatoms. The van der Waals surface area contributed by atoms with Gasteiger partial charge in [0.1, 0.15) is 0 Å². The molecule has 0 saturated heterocycles. The number of guanidine groups is 1. The largest absolute Gasteiger partial charge is 0.356 e. The Hall–Kier alpha value is -1.51. The number of hydrogen-bond acceptors (Lipinski definition) is 1. The van der Waals surface area contributed by atoms with Crippen LogP contribution in [-0.2, 0) is 5.41 Å². The minimum atomic E-state index is 0.0717. The maximum absolute atomic E-state index is 4.23. The molecule has 1 aromatic carbocycles. The molecule has 0 aliphatic heterocycles. The molecule has 0 heterocycles. The topological polar surface area (TPSA) is 36.4 Å². The first-order valence-electron chi connectivity index (χ1n) is 6.89. The van der Waals surface area contributed by atoms with Crippen molar-refractivity contribution in [2.75, 3.05) is 13.6 Å². The fraction of sp³-hybridized carbons (Fsp3) is 0.562. The summed E-state index contributed by atoms with van der Waals surface area (Å²) in [5.74, 6) is 0.857. The number of aryl methyl sites for hydroxylation is 1. The van der Waals surface area contributed by atoms with E-state index in [-0.39, 0.29) is 5.41 Å². The minimum Gasteiger partial charge on any atom is -0.356 e. The zero-order valence-corrected chi connectivity index (χ0v) is 13.0. The summed E-state index contributed by atoms with van der Waals surface area (Å²) in [5.41, 5.74) is 2.71. The summed E-state index contributed by atoms with van der Waals surface area (Å²) in [6.07, 6.45) is 0. The second-order valence-corrected chi connectivity index (χ2v) is 5.97. The van der Waals surface area contributed by atoms with Gasteiger partial charge in [-0.1, -0.05) is 43.7 Å². The molecule has 0 atom stereocenters. The van der Waals surface area contributed by atoms with E-state index in [0.29, 0.717) is 6.04 Å². The molecule has 1 aromatic rings. The van der Waals surface area contributed by atoms with Gasteiger partial charge >= 0.3 is 0 Å². The van der Waals surface area contributed by atoms with Crippen molar-refractivity contribution in [3.05, 3.63) is 35.4 Å². The molecule has 0 aliphatic rings. The lowest BCUT2D eigenvalue weighted by molar-refractivity contribution is 0.506. The molecule has 0 aromatic heterocycles. The van der Waals surface area contributed by atoms with Crippen molar-refractivity contribution in [2.45, 2.75) is 46.1 Å². The van der Waals surface area contributed by atoms with Gasteiger partial charge in [-0.2, -0.15) is 0 Å². The number of nitrogens with zero attached hydrogens (tertiary/aromatic N) is 1. The summed E-state index contributed by atoms with van der Waals surface area (Å²) in [6, 6.07) is 9.12. The quantitative estimate of drug-likeness (QED) is 0.646. The number of aliphatic imine (C=N–C) groups is 1. The van der Waals surface area contributed by atoms with Crippen LogP contribution in [0.25, 0.3) is 0 Å². The van der Waals surface area contributed by atoms with Crippen molar-refractivity contribution < 1.29 is 0 Å². The molecule has 0 unspecified atom stereocenters. The lowest BCUT2D eigenvalue weighted by Gasteiger charge is -2.27. The monoisotopic (exact) mass is 261 g/mol. The van der Waals surface area contributed by atoms with Crippen LogP contribution in [-0.4, -0.2) is 25.6 Å². The number of rotatable bonds is 4. The van der Waals surface area contributed by atoms with E-state index in [1.54, 1.807) is 7.05 Å². The molecule has 19 heavy (non-hydrogen) atoms. The van der Waals surface area contributed by atoms with Gasteiger partial charge in [0.2, 0.25) is 0 Å². The van der Waals surface area contributed by atoms with Gasteiger partial charge in [0.05, 0.1) is 0 Å². The normalized spacial score (nSPS) is 12.7. The van der Waals surface area contributed by atoms with Gasteiger partial charge < -0.3 is 10.6 Å². The molecular formula is C16H27N3. The molecule has 0 bridgehead atoms. The average Bonchev–Trinajstić information content (AvgIpc) is 2.34. The Kier molecular flexibility index (Phi) is 5.40. The zero-order chi connectivity index (χ0) is 14.5. The van der Waals surface area contributed by atoms with E-state index in [2.05, 4.69) is 74.5 Å². The molecule has 0 aliphatic carbocycles. The third kappa shape index (κ3) is 4.93. The highest BCUT2D eigenvalue weighted by Crippen LogP contribution is 2.22. The summed E-state index contributed by atoms with van der Waals surface area (Å²) < 4.78 is 0. The first-order chi connectivity index (χ1) is 8.85. The predicted octanol–water partition coefficient (Wildman–Crippen LogP) is 2.85. The molecule has 0 saturated carbocycles. The van der Waals surface area contributed by atoms with Crippen molar-refractivity contribution in [1.29, 1.82) is 0 Å². The third-order valence-electron chi connectivity index (χ3n) is 3.18. The minimum absolute atomic E-state index is 0.0717. The van der Waals surface area contributed by atoms with E-state index in [1.165, 1.54) is 11.1 Å². The van der Waals surface area contributed by atoms with Crippen LogP contribution in [0.1, 0.15) is 38.8 Å². The third-order valence-corrected chi connectivity index (χ3v) is 3.18. The average molecular weight is 261 g/mol. The van der Waals surface area contributed by atoms with E-state index < -0.39 is 0 Å². The summed E-state index contributed by atoms with van der Waals surface area (Å²) in [5, 5.41) is 6.69. The molecule has 2 N–H and O–H groups in total. The Morgan fingerprint density at radius 3 is 2.26 bits per heavy atom. The van der Waals surface area contributed by atoms with Crippen molar-refractivity contribution in [3.63, 3.8) is 0 Å². The van der Waals surface area contributed by atoms with E-state index in [0.717, 1.165) is 12.5 Å². The number of nitrogens with one attached hydrogen (secondary N) is 2. The second-order valence-electron chi connectivity index (χ2n) is 5.97. The molecular weight excluding hydrogens is 234 g/mol. The van der Waals surface area contributed by atoms with Crippen LogP contribution in [0.2, 0.25) is 0 Å². The van der Waals surface area contributed by atoms with Crippen molar-refractivity contribution in [2.24, 2.45) is 4.99 Å². The summed E-state index contributed by atoms with van der Waals surface area (Å²) >= 11 is 0. The fourth-order valence-corrected chi connectivity index (χ4v) is 1.88. The maximum atomic E-state index is 4.23. The van der Waals surface area contributed by atoms with E-state index in [9.17, 15) is 0 Å². The standard InChI is InChI=1S/C16H27N3/c1-12(2)19-15(17-6)18-11-16(4,5)14-9-7-13(3)8-10-14/h7-10,12H,11H2,1-6H3,(H2,17,18,19). The highest BCUT2D eigenvalue weighted by atomic mass is 15.2. The van der Waals surface area contributed by atoms with Crippen LogP contribution in [0.3, 0.4) is 0 Å². The van der Waals surface area contributed by atoms with Gasteiger partial charge in [-0.3, -0.25) is 4.99 Å². The SMILES string of the molecule is CN=C(NCC(C)(C)c1ccc(C)cc1)NC(C)C. The maximum Gasteiger partial charge on any atom is 0.191 e. The van der Waals surface area contributed by atoms with Crippen molar-refractivity contribution >= 4 is 5.96 Å². The van der Waals surface area contributed by atoms with E-state index in [4.69, 9.17) is 0 Å². The van der Waals surface area contributed by atoms with Crippen LogP contribution in [0.5, 0.6) is 0 Å². The van der Waals surface area contributed by atoms with Gasteiger partial charge in [0.15, 0.2) is 5.96 Å². The molecule has 106 valence electrons. The van der Waals surface area contributed by atoms with Crippen LogP contribution in [0.15, 0.2) is 29.3 Å². The molecule has 0 fully saturated rings. The van der Waals surface area contributed by atoms with Gasteiger partial charge in [0, 0.05) is 25.0 Å². The van der Waals surface area contributed by atoms with Gasteiger partial charge in [0.25, 0.3) is 0 Å². The zero-order valence-electron chi connectivity index (χ0n) is 13.0. The molecule has 0 radical (unpaired) electrons. The second kappa shape index (κ2) is 6.60. The van der Waals surface area contributed by atoms with Gasteiger partial charge in [-0.05, 0) is 26.3 Å². The number of benzene rings is 1. The Bertz CT molecular complexity index is 416. The molecule has 0 amide bonds. The Morgan fingerprint density at radius 1 is 1.21 bits per heavy atom. The lowest BCUT2D eigenvalue weighted by Crippen LogP contribution is -2.45. The Morgan fingerprint density at radius 2 is 1.79 bits per heavy atom. The van der Waals surface area contributed by atoms with Crippen LogP contribution < -0.4 is 10.6 Å². The van der Waals surface area contributed by atoms with E-state index in [1.807, 2.05) is 0 Å². The van der Waals surface area contributed by atoms with E-state index >= 15 is 0 Å². The highest BCUT2D eigenvalue weighted by Gasteiger charge is 2.20. The van der Waals surface area contributed by atoms with Gasteiger partial charge in [-0.15, -0.1) is 0 Å². The summed E-state index contributed by atoms with van der Waals surface area (Å²) in [4.78, 5) is 4.23. The smallest absolute Gasteiger partial charge is 0.191 e. The lowest BCUT2D eigenvalue weighted by atomic mass is 9.84. The fourth-order valence-electron chi connectivity index (χ4n) is 1.88. The summed E-state index contributed by atoms with van der Waals surface area (Å²) in [7, 11) is 1.80. The van der Waals surface area contributed by atoms with Crippen LogP contribution >= 0.6 is 0 Å². The first-order valence-corrected chi connectivity index (χ1v) is 6.89. The molecule has 0 spiro atoms. The van der Waals surface area contributed by atoms with Crippen molar-refractivity contribution in [3.8, 4) is 0 Å². The Labute approximate surface area is 117 Å². The predicted molar refractivity (Wildman–Crippen MR) is 83.8 cm³/mol. The Balaban J connectivity index is 2.66. The van der Waals surface area contributed by atoms with Crippen LogP contribution in [0.4, 0.5) is 0 Å². The molecule has 3 nitrogen and oxygen atoms in total. The summed E-state index contributed by atoms with van der Waals surface area (Å²) in [6.45, 7) is 11.7.